The summed E-state index contributed by atoms with van der Waals surface area (Å²) in [5.74, 6) is -1.07. The number of nitrogens with zero attached hydrogens (tertiary/aromatic N) is 2. The molecule has 1 amide bonds. The fraction of sp³-hybridized carbons (Fsp3) is 0.588. The van der Waals surface area contributed by atoms with Crippen LogP contribution in [0.25, 0.3) is 0 Å². The molecule has 0 unspecified atom stereocenters. The van der Waals surface area contributed by atoms with Crippen LogP contribution in [-0.4, -0.2) is 65.8 Å². The molecule has 3 aliphatic rings. The maximum atomic E-state index is 14.4. The zero-order valence-corrected chi connectivity index (χ0v) is 13.7. The number of hydrogen-bond acceptors (Lipinski definition) is 5. The van der Waals surface area contributed by atoms with Gasteiger partial charge >= 0.3 is 0 Å². The first-order valence-corrected chi connectivity index (χ1v) is 8.32. The molecule has 2 atom stereocenters. The van der Waals surface area contributed by atoms with Crippen LogP contribution >= 0.6 is 0 Å². The second kappa shape index (κ2) is 5.77. The van der Waals surface area contributed by atoms with Gasteiger partial charge in [0.2, 0.25) is 0 Å². The number of rotatable bonds is 3. The summed E-state index contributed by atoms with van der Waals surface area (Å²) >= 11 is 0. The lowest BCUT2D eigenvalue weighted by Crippen LogP contribution is -2.49. The molecule has 130 valence electrons. The number of halogens is 1. The van der Waals surface area contributed by atoms with Gasteiger partial charge in [0.05, 0.1) is 12.2 Å². The minimum Gasteiger partial charge on any atom is -0.371 e. The Bertz CT molecular complexity index is 679. The lowest BCUT2D eigenvalue weighted by atomic mass is 9.94. The summed E-state index contributed by atoms with van der Waals surface area (Å²) in [6, 6.07) is 3.38. The van der Waals surface area contributed by atoms with Gasteiger partial charge in [0.1, 0.15) is 5.82 Å². The molecule has 0 saturated carbocycles. The van der Waals surface area contributed by atoms with E-state index in [1.54, 1.807) is 11.5 Å². The van der Waals surface area contributed by atoms with Crippen LogP contribution in [-0.2, 0) is 17.7 Å². The smallest absolute Gasteiger partial charge is 0.274 e. The zero-order chi connectivity index (χ0) is 16.9. The first-order chi connectivity index (χ1) is 11.5. The van der Waals surface area contributed by atoms with Crippen LogP contribution in [0.4, 0.5) is 4.39 Å². The van der Waals surface area contributed by atoms with E-state index in [9.17, 15) is 9.18 Å². The van der Waals surface area contributed by atoms with Crippen molar-refractivity contribution in [3.8, 4) is 0 Å². The highest BCUT2D eigenvalue weighted by molar-refractivity contribution is 5.93. The number of benzene rings is 1. The van der Waals surface area contributed by atoms with Gasteiger partial charge in [-0.05, 0) is 37.6 Å². The van der Waals surface area contributed by atoms with Crippen LogP contribution in [0.1, 0.15) is 27.9 Å². The van der Waals surface area contributed by atoms with Crippen molar-refractivity contribution >= 4 is 5.91 Å². The molecule has 24 heavy (non-hydrogen) atoms. The average Bonchev–Trinajstić information content (AvgIpc) is 3.11. The Balaban J connectivity index is 1.51. The van der Waals surface area contributed by atoms with Crippen LogP contribution in [0.3, 0.4) is 0 Å². The largest absolute Gasteiger partial charge is 0.371 e. The summed E-state index contributed by atoms with van der Waals surface area (Å²) in [6.07, 6.45) is 1.74. The molecular formula is C17H22FN3O3. The molecule has 0 spiro atoms. The van der Waals surface area contributed by atoms with E-state index in [0.29, 0.717) is 24.6 Å². The van der Waals surface area contributed by atoms with E-state index in [4.69, 9.17) is 9.94 Å². The van der Waals surface area contributed by atoms with E-state index in [0.717, 1.165) is 38.2 Å². The summed E-state index contributed by atoms with van der Waals surface area (Å²) in [7, 11) is 2.13. The third-order valence-electron chi connectivity index (χ3n) is 5.59. The van der Waals surface area contributed by atoms with Crippen molar-refractivity contribution in [2.45, 2.75) is 31.0 Å². The second-order valence-corrected chi connectivity index (χ2v) is 7.26. The Hall–Kier alpha value is -1.54. The summed E-state index contributed by atoms with van der Waals surface area (Å²) < 4.78 is 20.5. The fourth-order valence-electron chi connectivity index (χ4n) is 4.37. The molecule has 3 aliphatic heterocycles. The summed E-state index contributed by atoms with van der Waals surface area (Å²) in [6.45, 7) is 3.87. The molecule has 2 fully saturated rings. The third-order valence-corrected chi connectivity index (χ3v) is 5.59. The molecule has 7 heteroatoms. The van der Waals surface area contributed by atoms with Gasteiger partial charge < -0.3 is 4.74 Å². The quantitative estimate of drug-likeness (QED) is 0.631. The highest BCUT2D eigenvalue weighted by Gasteiger charge is 2.50. The summed E-state index contributed by atoms with van der Waals surface area (Å²) in [5.41, 5.74) is 3.08. The number of likely N-dealkylation sites (tertiary alicyclic amines) is 1. The average molecular weight is 335 g/mol. The van der Waals surface area contributed by atoms with Gasteiger partial charge in [-0.25, -0.2) is 9.87 Å². The van der Waals surface area contributed by atoms with Crippen molar-refractivity contribution < 1.29 is 19.1 Å². The maximum absolute atomic E-state index is 14.4. The Kier molecular flexibility index (Phi) is 3.84. The number of fused-ring (bicyclic) bond motifs is 3. The van der Waals surface area contributed by atoms with Crippen molar-refractivity contribution in [2.24, 2.45) is 0 Å². The van der Waals surface area contributed by atoms with Gasteiger partial charge in [-0.15, -0.1) is 0 Å². The minimum absolute atomic E-state index is 0.121. The van der Waals surface area contributed by atoms with Crippen LogP contribution in [0.2, 0.25) is 0 Å². The molecule has 2 N–H and O–H groups in total. The van der Waals surface area contributed by atoms with E-state index in [-0.39, 0.29) is 17.0 Å². The van der Waals surface area contributed by atoms with E-state index in [1.807, 2.05) is 0 Å². The van der Waals surface area contributed by atoms with Crippen molar-refractivity contribution in [3.63, 3.8) is 0 Å². The molecule has 0 radical (unpaired) electrons. The number of amides is 1. The van der Waals surface area contributed by atoms with E-state index < -0.39 is 5.91 Å². The monoisotopic (exact) mass is 335 g/mol. The number of carbonyl (C=O) groups excluding carboxylic acids is 1. The number of hydrogen-bond donors (Lipinski definition) is 2. The van der Waals surface area contributed by atoms with Crippen molar-refractivity contribution in [1.82, 2.24) is 15.3 Å². The van der Waals surface area contributed by atoms with E-state index in [1.165, 1.54) is 6.07 Å². The van der Waals surface area contributed by atoms with E-state index in [2.05, 4.69) is 16.8 Å². The number of nitrogens with one attached hydrogen (secondary N) is 1. The number of morpholine rings is 1. The number of hydroxylamine groups is 1. The van der Waals surface area contributed by atoms with Gasteiger partial charge in [-0.2, -0.15) is 0 Å². The Morgan fingerprint density at radius 2 is 2.38 bits per heavy atom. The fourth-order valence-corrected chi connectivity index (χ4v) is 4.37. The van der Waals surface area contributed by atoms with Crippen molar-refractivity contribution in [2.75, 3.05) is 33.3 Å². The highest BCUT2D eigenvalue weighted by Crippen LogP contribution is 2.38. The van der Waals surface area contributed by atoms with Gasteiger partial charge in [0, 0.05) is 43.3 Å². The molecule has 6 nitrogen and oxygen atoms in total. The van der Waals surface area contributed by atoms with Crippen LogP contribution < -0.4 is 5.48 Å². The predicted molar refractivity (Wildman–Crippen MR) is 84.4 cm³/mol. The van der Waals surface area contributed by atoms with Gasteiger partial charge in [-0.1, -0.05) is 0 Å². The number of likely N-dealkylation sites (N-methyl/N-ethyl adjacent to an activating group) is 1. The predicted octanol–water partition coefficient (Wildman–Crippen LogP) is 0.776. The molecule has 0 aliphatic carbocycles. The SMILES string of the molecule is CN1C[C@@]2(CN3CCc4cc(C(=O)NO)cc(F)c4C3)C[C@@H]1CO2. The summed E-state index contributed by atoms with van der Waals surface area (Å²) in [5, 5.41) is 8.72. The standard InChI is InChI=1S/C17H22FN3O3/c1-20-9-17(6-13(20)8-24-17)10-21-3-2-11-4-12(16(22)19-23)5-15(18)14(11)7-21/h4-5,13,23H,2-3,6-10H2,1H3,(H,19,22)/t13-,17-/m1/s1. The van der Waals surface area contributed by atoms with Gasteiger partial charge in [0.15, 0.2) is 0 Å². The second-order valence-electron chi connectivity index (χ2n) is 7.26. The van der Waals surface area contributed by atoms with E-state index >= 15 is 0 Å². The molecule has 0 aromatic heterocycles. The Morgan fingerprint density at radius 3 is 3.04 bits per heavy atom. The number of carbonyl (C=O) groups is 1. The maximum Gasteiger partial charge on any atom is 0.274 e. The topological polar surface area (TPSA) is 65.0 Å². The Morgan fingerprint density at radius 1 is 1.54 bits per heavy atom. The lowest BCUT2D eigenvalue weighted by molar-refractivity contribution is -0.0587. The number of ether oxygens (including phenoxy) is 1. The minimum atomic E-state index is -0.683. The molecule has 2 saturated heterocycles. The zero-order valence-electron chi connectivity index (χ0n) is 13.7. The normalized spacial score (nSPS) is 29.7. The molecule has 1 aromatic carbocycles. The lowest BCUT2D eigenvalue weighted by Gasteiger charge is -2.37. The molecule has 1 aromatic rings. The first-order valence-electron chi connectivity index (χ1n) is 8.32. The molecule has 3 heterocycles. The van der Waals surface area contributed by atoms with Crippen molar-refractivity contribution in [1.29, 1.82) is 0 Å². The third kappa shape index (κ3) is 2.61. The van der Waals surface area contributed by atoms with Gasteiger partial charge in [-0.3, -0.25) is 19.8 Å². The first kappa shape index (κ1) is 16.0. The van der Waals surface area contributed by atoms with Crippen LogP contribution in [0.15, 0.2) is 12.1 Å². The highest BCUT2D eigenvalue weighted by atomic mass is 19.1. The van der Waals surface area contributed by atoms with Crippen molar-refractivity contribution in [3.05, 3.63) is 34.6 Å². The molecule has 2 bridgehead atoms. The van der Waals surface area contributed by atoms with Crippen LogP contribution in [0, 0.1) is 5.82 Å². The molecular weight excluding hydrogens is 313 g/mol. The molecule has 4 rings (SSSR count). The Labute approximate surface area is 140 Å². The van der Waals surface area contributed by atoms with Crippen LogP contribution in [0.5, 0.6) is 0 Å². The summed E-state index contributed by atoms with van der Waals surface area (Å²) in [4.78, 5) is 16.1. The van der Waals surface area contributed by atoms with Gasteiger partial charge in [0.25, 0.3) is 5.91 Å².